The molecule has 0 aromatic heterocycles. The summed E-state index contributed by atoms with van der Waals surface area (Å²) in [4.78, 5) is 0. The standard InChI is InChI=1S/C23H18/c1-2-18-12-13-21-15-19-10-6-7-11-20(19)16-23(21)22(18)14-17-8-4-3-5-9-17/h2-13,15-16H,1,14H2. The van der Waals surface area contributed by atoms with Gasteiger partial charge in [0.1, 0.15) is 0 Å². The van der Waals surface area contributed by atoms with Crippen LogP contribution in [0, 0.1) is 0 Å². The molecule has 110 valence electrons. The molecule has 0 unspecified atom stereocenters. The van der Waals surface area contributed by atoms with E-state index in [1.54, 1.807) is 0 Å². The number of benzene rings is 4. The largest absolute Gasteiger partial charge is 0.0985 e. The van der Waals surface area contributed by atoms with Gasteiger partial charge in [-0.1, -0.05) is 79.4 Å². The van der Waals surface area contributed by atoms with Gasteiger partial charge in [0, 0.05) is 0 Å². The number of fused-ring (bicyclic) bond motifs is 2. The smallest absolute Gasteiger partial charge is 0.00137 e. The van der Waals surface area contributed by atoms with Crippen molar-refractivity contribution in [3.8, 4) is 0 Å². The van der Waals surface area contributed by atoms with Gasteiger partial charge in [0.05, 0.1) is 0 Å². The lowest BCUT2D eigenvalue weighted by Gasteiger charge is -2.12. The molecule has 0 saturated carbocycles. The van der Waals surface area contributed by atoms with Crippen molar-refractivity contribution in [2.45, 2.75) is 6.42 Å². The molecule has 0 N–H and O–H groups in total. The zero-order valence-corrected chi connectivity index (χ0v) is 13.0. The highest BCUT2D eigenvalue weighted by Gasteiger charge is 2.08. The number of hydrogen-bond donors (Lipinski definition) is 0. The fraction of sp³-hybridized carbons (Fsp3) is 0.0435. The Morgan fingerprint density at radius 2 is 1.39 bits per heavy atom. The van der Waals surface area contributed by atoms with E-state index in [0.29, 0.717) is 0 Å². The average molecular weight is 294 g/mol. The van der Waals surface area contributed by atoms with Gasteiger partial charge in [0.15, 0.2) is 0 Å². The van der Waals surface area contributed by atoms with Gasteiger partial charge in [-0.25, -0.2) is 0 Å². The molecule has 0 fully saturated rings. The third-order valence-electron chi connectivity index (χ3n) is 4.48. The highest BCUT2D eigenvalue weighted by atomic mass is 14.1. The summed E-state index contributed by atoms with van der Waals surface area (Å²) in [6, 6.07) is 28.2. The van der Waals surface area contributed by atoms with Crippen LogP contribution in [0.25, 0.3) is 27.6 Å². The van der Waals surface area contributed by atoms with Gasteiger partial charge in [-0.05, 0) is 56.8 Å². The fourth-order valence-electron chi connectivity index (χ4n) is 3.28. The summed E-state index contributed by atoms with van der Waals surface area (Å²) >= 11 is 0. The Balaban J connectivity index is 1.98. The van der Waals surface area contributed by atoms with E-state index >= 15 is 0 Å². The van der Waals surface area contributed by atoms with Gasteiger partial charge in [-0.3, -0.25) is 0 Å². The Morgan fingerprint density at radius 3 is 2.13 bits per heavy atom. The molecule has 4 aromatic rings. The molecule has 0 aliphatic heterocycles. The summed E-state index contributed by atoms with van der Waals surface area (Å²) < 4.78 is 0. The van der Waals surface area contributed by atoms with Crippen molar-refractivity contribution in [3.63, 3.8) is 0 Å². The second-order valence-corrected chi connectivity index (χ2v) is 5.92. The lowest BCUT2D eigenvalue weighted by Crippen LogP contribution is -1.94. The quantitative estimate of drug-likeness (QED) is 0.393. The zero-order chi connectivity index (χ0) is 15.6. The van der Waals surface area contributed by atoms with E-state index in [2.05, 4.69) is 85.4 Å². The van der Waals surface area contributed by atoms with E-state index in [9.17, 15) is 0 Å². The maximum Gasteiger partial charge on any atom is -0.00137 e. The van der Waals surface area contributed by atoms with E-state index in [1.807, 2.05) is 6.08 Å². The minimum Gasteiger partial charge on any atom is -0.0985 e. The molecule has 0 radical (unpaired) electrons. The van der Waals surface area contributed by atoms with Gasteiger partial charge < -0.3 is 0 Å². The summed E-state index contributed by atoms with van der Waals surface area (Å²) in [6.45, 7) is 4.00. The summed E-state index contributed by atoms with van der Waals surface area (Å²) in [5, 5.41) is 5.19. The SMILES string of the molecule is C=Cc1ccc2cc3ccccc3cc2c1Cc1ccccc1. The first-order valence-electron chi connectivity index (χ1n) is 7.96. The van der Waals surface area contributed by atoms with Gasteiger partial charge in [-0.2, -0.15) is 0 Å². The van der Waals surface area contributed by atoms with Crippen molar-refractivity contribution < 1.29 is 0 Å². The molecule has 0 aliphatic rings. The molecule has 0 bridgehead atoms. The molecule has 0 aliphatic carbocycles. The maximum absolute atomic E-state index is 4.00. The van der Waals surface area contributed by atoms with Crippen molar-refractivity contribution in [1.82, 2.24) is 0 Å². The summed E-state index contributed by atoms with van der Waals surface area (Å²) in [6.07, 6.45) is 2.89. The lowest BCUT2D eigenvalue weighted by atomic mass is 9.92. The predicted octanol–water partition coefficient (Wildman–Crippen LogP) is 6.23. The van der Waals surface area contributed by atoms with Crippen molar-refractivity contribution in [2.24, 2.45) is 0 Å². The molecule has 4 aromatic carbocycles. The van der Waals surface area contributed by atoms with E-state index in [0.717, 1.165) is 6.42 Å². The third-order valence-corrected chi connectivity index (χ3v) is 4.48. The minimum atomic E-state index is 0.928. The highest BCUT2D eigenvalue weighted by molar-refractivity contribution is 6.00. The Hall–Kier alpha value is -2.86. The van der Waals surface area contributed by atoms with Gasteiger partial charge in [-0.15, -0.1) is 0 Å². The maximum atomic E-state index is 4.00. The van der Waals surface area contributed by atoms with E-state index in [1.165, 1.54) is 38.2 Å². The van der Waals surface area contributed by atoms with Crippen LogP contribution in [-0.4, -0.2) is 0 Å². The molecule has 0 saturated heterocycles. The molecular weight excluding hydrogens is 276 g/mol. The first kappa shape index (κ1) is 13.8. The molecule has 0 atom stereocenters. The van der Waals surface area contributed by atoms with E-state index in [-0.39, 0.29) is 0 Å². The van der Waals surface area contributed by atoms with E-state index in [4.69, 9.17) is 0 Å². The van der Waals surface area contributed by atoms with Crippen LogP contribution in [-0.2, 0) is 6.42 Å². The van der Waals surface area contributed by atoms with Crippen LogP contribution in [0.3, 0.4) is 0 Å². The topological polar surface area (TPSA) is 0 Å². The normalized spacial score (nSPS) is 11.0. The van der Waals surface area contributed by atoms with Crippen LogP contribution in [0.4, 0.5) is 0 Å². The number of rotatable bonds is 3. The molecular formula is C23H18. The first-order chi connectivity index (χ1) is 11.3. The molecule has 0 heteroatoms. The monoisotopic (exact) mass is 294 g/mol. The van der Waals surface area contributed by atoms with Crippen molar-refractivity contribution >= 4 is 27.6 Å². The van der Waals surface area contributed by atoms with Crippen LogP contribution in [0.1, 0.15) is 16.7 Å². The predicted molar refractivity (Wildman–Crippen MR) is 101 cm³/mol. The average Bonchev–Trinajstić information content (AvgIpc) is 2.61. The van der Waals surface area contributed by atoms with Crippen molar-refractivity contribution in [1.29, 1.82) is 0 Å². The van der Waals surface area contributed by atoms with Crippen molar-refractivity contribution in [2.75, 3.05) is 0 Å². The molecule has 0 heterocycles. The number of hydrogen-bond acceptors (Lipinski definition) is 0. The van der Waals surface area contributed by atoms with Crippen LogP contribution in [0.5, 0.6) is 0 Å². The molecule has 0 spiro atoms. The molecule has 0 amide bonds. The molecule has 4 rings (SSSR count). The Kier molecular flexibility index (Phi) is 3.44. The lowest BCUT2D eigenvalue weighted by molar-refractivity contribution is 1.21. The zero-order valence-electron chi connectivity index (χ0n) is 13.0. The minimum absolute atomic E-state index is 0.928. The summed E-state index contributed by atoms with van der Waals surface area (Å²) in [5.74, 6) is 0. The van der Waals surface area contributed by atoms with Gasteiger partial charge in [0.25, 0.3) is 0 Å². The van der Waals surface area contributed by atoms with Crippen LogP contribution in [0.2, 0.25) is 0 Å². The van der Waals surface area contributed by atoms with Gasteiger partial charge in [0.2, 0.25) is 0 Å². The van der Waals surface area contributed by atoms with Crippen molar-refractivity contribution in [3.05, 3.63) is 102 Å². The molecule has 23 heavy (non-hydrogen) atoms. The second-order valence-electron chi connectivity index (χ2n) is 5.92. The van der Waals surface area contributed by atoms with Gasteiger partial charge >= 0.3 is 0 Å². The molecule has 0 nitrogen and oxygen atoms in total. The highest BCUT2D eigenvalue weighted by Crippen LogP contribution is 2.30. The second kappa shape index (κ2) is 5.73. The third kappa shape index (κ3) is 2.53. The van der Waals surface area contributed by atoms with Crippen LogP contribution in [0.15, 0.2) is 85.4 Å². The fourth-order valence-corrected chi connectivity index (χ4v) is 3.28. The van der Waals surface area contributed by atoms with Crippen LogP contribution >= 0.6 is 0 Å². The van der Waals surface area contributed by atoms with E-state index < -0.39 is 0 Å². The van der Waals surface area contributed by atoms with Crippen LogP contribution < -0.4 is 0 Å². The Labute approximate surface area is 136 Å². The summed E-state index contributed by atoms with van der Waals surface area (Å²) in [7, 11) is 0. The first-order valence-corrected chi connectivity index (χ1v) is 7.96. The Bertz CT molecular complexity index is 994. The summed E-state index contributed by atoms with van der Waals surface area (Å²) in [5.41, 5.74) is 3.90. The Morgan fingerprint density at radius 1 is 0.696 bits per heavy atom.